The molecule has 1 aliphatic carbocycles. The molecule has 1 amide bonds. The van der Waals surface area contributed by atoms with E-state index in [0.717, 1.165) is 25.0 Å². The van der Waals surface area contributed by atoms with E-state index in [0.29, 0.717) is 30.0 Å². The van der Waals surface area contributed by atoms with Crippen molar-refractivity contribution >= 4 is 29.3 Å². The van der Waals surface area contributed by atoms with Crippen LogP contribution < -0.4 is 15.4 Å². The van der Waals surface area contributed by atoms with Gasteiger partial charge in [-0.05, 0) is 50.3 Å². The summed E-state index contributed by atoms with van der Waals surface area (Å²) in [7, 11) is 1.39. The second-order valence-corrected chi connectivity index (χ2v) is 8.07. The molecule has 1 aromatic carbocycles. The van der Waals surface area contributed by atoms with Crippen LogP contribution in [0.4, 0.5) is 26.2 Å². The van der Waals surface area contributed by atoms with E-state index in [1.54, 1.807) is 13.0 Å². The maximum Gasteiger partial charge on any atom is 0.320 e. The van der Waals surface area contributed by atoms with Gasteiger partial charge in [-0.2, -0.15) is 0 Å². The zero-order valence-corrected chi connectivity index (χ0v) is 19.0. The number of amides is 1. The number of aromatic nitrogens is 3. The summed E-state index contributed by atoms with van der Waals surface area (Å²) in [5.41, 5.74) is 1.30. The normalized spacial score (nSPS) is 17.5. The first-order valence-corrected chi connectivity index (χ1v) is 10.9. The molecule has 2 aromatic heterocycles. The minimum atomic E-state index is -1.04. The van der Waals surface area contributed by atoms with Gasteiger partial charge in [-0.25, -0.2) is 13.8 Å². The monoisotopic (exact) mass is 487 g/mol. The number of halogens is 2. The van der Waals surface area contributed by atoms with Crippen LogP contribution in [0.15, 0.2) is 34.9 Å². The molecule has 184 valence electrons. The Morgan fingerprint density at radius 1 is 1.09 bits per heavy atom. The van der Waals surface area contributed by atoms with Crippen molar-refractivity contribution < 1.29 is 32.3 Å². The van der Waals surface area contributed by atoms with Gasteiger partial charge < -0.3 is 24.5 Å². The third kappa shape index (κ3) is 5.89. The lowest BCUT2D eigenvalue weighted by atomic mass is 9.87. The summed E-state index contributed by atoms with van der Waals surface area (Å²) >= 11 is 0. The molecule has 0 atom stereocenters. The molecular formula is C23H23F2N5O5. The van der Waals surface area contributed by atoms with Crippen LogP contribution in [-0.2, 0) is 9.53 Å². The molecule has 0 saturated heterocycles. The molecule has 0 bridgehead atoms. The number of hydrogen-bond acceptors (Lipinski definition) is 9. The van der Waals surface area contributed by atoms with Crippen LogP contribution in [0.2, 0.25) is 0 Å². The minimum absolute atomic E-state index is 0.0536. The van der Waals surface area contributed by atoms with Crippen LogP contribution in [0.25, 0.3) is 0 Å². The Balaban J connectivity index is 1.33. The average molecular weight is 487 g/mol. The first-order chi connectivity index (χ1) is 16.8. The Hall–Kier alpha value is -4.09. The Bertz CT molecular complexity index is 1230. The number of ether oxygens (including phenoxy) is 2. The van der Waals surface area contributed by atoms with Crippen LogP contribution in [-0.4, -0.2) is 40.3 Å². The number of esters is 1. The van der Waals surface area contributed by atoms with Crippen LogP contribution in [0.1, 0.15) is 41.9 Å². The van der Waals surface area contributed by atoms with Crippen LogP contribution in [0.5, 0.6) is 5.88 Å². The fraction of sp³-hybridized carbons (Fsp3) is 0.348. The summed E-state index contributed by atoms with van der Waals surface area (Å²) in [6.07, 6.45) is 4.23. The van der Waals surface area contributed by atoms with E-state index in [4.69, 9.17) is 13.9 Å². The zero-order valence-electron chi connectivity index (χ0n) is 19.0. The third-order valence-corrected chi connectivity index (χ3v) is 5.62. The highest BCUT2D eigenvalue weighted by molar-refractivity contribution is 6.01. The van der Waals surface area contributed by atoms with Gasteiger partial charge in [-0.1, -0.05) is 5.10 Å². The molecule has 0 aliphatic heterocycles. The van der Waals surface area contributed by atoms with Crippen LogP contribution in [0.3, 0.4) is 0 Å². The Labute approximate surface area is 199 Å². The maximum absolute atomic E-state index is 13.3. The number of nitrogens with one attached hydrogen (secondary N) is 2. The molecule has 3 aromatic rings. The molecule has 0 radical (unpaired) electrons. The first-order valence-electron chi connectivity index (χ1n) is 10.9. The fourth-order valence-corrected chi connectivity index (χ4v) is 3.72. The number of hydrogen-bond donors (Lipinski definition) is 2. The third-order valence-electron chi connectivity index (χ3n) is 5.62. The van der Waals surface area contributed by atoms with Gasteiger partial charge >= 0.3 is 23.8 Å². The van der Waals surface area contributed by atoms with Gasteiger partial charge in [0.05, 0.1) is 24.9 Å². The molecule has 1 saturated carbocycles. The molecule has 4 rings (SSSR count). The van der Waals surface area contributed by atoms with Crippen LogP contribution >= 0.6 is 0 Å². The largest absolute Gasteiger partial charge is 0.474 e. The lowest BCUT2D eigenvalue weighted by molar-refractivity contribution is -0.147. The Kier molecular flexibility index (Phi) is 7.18. The van der Waals surface area contributed by atoms with E-state index >= 15 is 0 Å². The fourth-order valence-electron chi connectivity index (χ4n) is 3.72. The summed E-state index contributed by atoms with van der Waals surface area (Å²) in [5, 5.41) is 12.6. The van der Waals surface area contributed by atoms with Crippen molar-refractivity contribution in [3.63, 3.8) is 0 Å². The molecule has 35 heavy (non-hydrogen) atoms. The lowest BCUT2D eigenvalue weighted by Gasteiger charge is -2.27. The molecule has 1 aliphatic rings. The van der Waals surface area contributed by atoms with E-state index in [9.17, 15) is 18.4 Å². The molecule has 2 heterocycles. The SMILES string of the molecule is COC(=O)[C@H]1CC[C@H](Oc2cc(C)c(NC(=O)c3nnc(Nc4ccc(F)c(F)c4)o3)cn2)CC1. The van der Waals surface area contributed by atoms with Crippen LogP contribution in [0, 0.1) is 24.5 Å². The highest BCUT2D eigenvalue weighted by Gasteiger charge is 2.28. The van der Waals surface area contributed by atoms with E-state index in [1.807, 2.05) is 0 Å². The number of anilines is 3. The van der Waals surface area contributed by atoms with Gasteiger partial charge in [0, 0.05) is 17.8 Å². The number of benzene rings is 1. The van der Waals surface area contributed by atoms with E-state index in [1.165, 1.54) is 19.4 Å². The lowest BCUT2D eigenvalue weighted by Crippen LogP contribution is -2.28. The number of nitrogens with zero attached hydrogens (tertiary/aromatic N) is 3. The summed E-state index contributed by atoms with van der Waals surface area (Å²) in [5.74, 6) is -2.91. The number of rotatable bonds is 7. The number of carbonyl (C=O) groups is 2. The smallest absolute Gasteiger partial charge is 0.320 e. The highest BCUT2D eigenvalue weighted by atomic mass is 19.2. The van der Waals surface area contributed by atoms with Crippen molar-refractivity contribution in [2.75, 3.05) is 17.7 Å². The van der Waals surface area contributed by atoms with E-state index < -0.39 is 17.5 Å². The van der Waals surface area contributed by atoms with Gasteiger partial charge in [-0.15, -0.1) is 5.10 Å². The molecule has 0 spiro atoms. The molecule has 0 unspecified atom stereocenters. The second kappa shape index (κ2) is 10.5. The molecule has 10 nitrogen and oxygen atoms in total. The maximum atomic E-state index is 13.3. The molecule has 1 fully saturated rings. The van der Waals surface area contributed by atoms with Crippen molar-refractivity contribution in [2.45, 2.75) is 38.7 Å². The first kappa shape index (κ1) is 24.0. The number of methoxy groups -OCH3 is 1. The van der Waals surface area contributed by atoms with Crippen molar-refractivity contribution in [3.8, 4) is 5.88 Å². The van der Waals surface area contributed by atoms with Crippen molar-refractivity contribution in [3.05, 3.63) is 53.6 Å². The van der Waals surface area contributed by atoms with Gasteiger partial charge in [0.1, 0.15) is 6.10 Å². The van der Waals surface area contributed by atoms with Crippen molar-refractivity contribution in [1.82, 2.24) is 15.2 Å². The van der Waals surface area contributed by atoms with Gasteiger partial charge in [0.15, 0.2) is 11.6 Å². The standard InChI is InChI=1S/C23H23F2N5O5/c1-12-9-19(34-15-6-3-13(4-7-15)22(32)33-2)26-11-18(12)28-20(31)21-29-30-23(35-21)27-14-5-8-16(24)17(25)10-14/h5,8-11,13,15H,3-4,6-7H2,1-2H3,(H,27,30)(H,28,31)/t13-,15-. The summed E-state index contributed by atoms with van der Waals surface area (Å²) < 4.78 is 42.4. The minimum Gasteiger partial charge on any atom is -0.474 e. The van der Waals surface area contributed by atoms with Gasteiger partial charge in [0.25, 0.3) is 0 Å². The summed E-state index contributed by atoms with van der Waals surface area (Å²) in [6.45, 7) is 1.78. The van der Waals surface area contributed by atoms with Crippen molar-refractivity contribution in [1.29, 1.82) is 0 Å². The molecular weight excluding hydrogens is 464 g/mol. The quantitative estimate of drug-likeness (QED) is 0.472. The second-order valence-electron chi connectivity index (χ2n) is 8.07. The number of carbonyl (C=O) groups excluding carboxylic acids is 2. The van der Waals surface area contributed by atoms with Gasteiger partial charge in [0.2, 0.25) is 5.88 Å². The van der Waals surface area contributed by atoms with E-state index in [2.05, 4.69) is 25.8 Å². The predicted octanol–water partition coefficient (Wildman–Crippen LogP) is 4.16. The highest BCUT2D eigenvalue weighted by Crippen LogP contribution is 2.29. The topological polar surface area (TPSA) is 128 Å². The average Bonchev–Trinajstić information content (AvgIpc) is 3.32. The Morgan fingerprint density at radius 2 is 1.86 bits per heavy atom. The number of pyridine rings is 1. The van der Waals surface area contributed by atoms with Gasteiger partial charge in [-0.3, -0.25) is 9.59 Å². The molecule has 2 N–H and O–H groups in total. The summed E-state index contributed by atoms with van der Waals surface area (Å²) in [6, 6.07) is 4.68. The van der Waals surface area contributed by atoms with Crippen molar-refractivity contribution in [2.24, 2.45) is 5.92 Å². The predicted molar refractivity (Wildman–Crippen MR) is 119 cm³/mol. The Morgan fingerprint density at radius 3 is 2.54 bits per heavy atom. The number of aryl methyl sites for hydroxylation is 1. The summed E-state index contributed by atoms with van der Waals surface area (Å²) in [4.78, 5) is 28.4. The molecule has 12 heteroatoms. The van der Waals surface area contributed by atoms with E-state index in [-0.39, 0.29) is 35.6 Å². The zero-order chi connectivity index (χ0) is 24.9.